The third-order valence-electron chi connectivity index (χ3n) is 5.29. The van der Waals surface area contributed by atoms with Gasteiger partial charge in [-0.05, 0) is 32.0 Å². The minimum Gasteiger partial charge on any atom is -0.496 e. The molecule has 2 aromatic rings. The Bertz CT molecular complexity index is 821. The molecule has 1 saturated heterocycles. The summed E-state index contributed by atoms with van der Waals surface area (Å²) in [4.78, 5) is 9.50. The Balaban J connectivity index is 0.00000341. The molecule has 31 heavy (non-hydrogen) atoms. The number of para-hydroxylation sites is 1. The van der Waals surface area contributed by atoms with Crippen molar-refractivity contribution in [2.45, 2.75) is 26.4 Å². The Morgan fingerprint density at radius 2 is 1.97 bits per heavy atom. The molecule has 1 aliphatic rings. The highest BCUT2D eigenvalue weighted by atomic mass is 127. The predicted molar refractivity (Wildman–Crippen MR) is 134 cm³/mol. The van der Waals surface area contributed by atoms with Crippen LogP contribution >= 0.6 is 24.0 Å². The third kappa shape index (κ3) is 7.11. The van der Waals surface area contributed by atoms with E-state index in [0.717, 1.165) is 61.6 Å². The molecule has 0 bridgehead atoms. The van der Waals surface area contributed by atoms with Crippen molar-refractivity contribution in [2.75, 3.05) is 53.6 Å². The zero-order chi connectivity index (χ0) is 21.3. The topological polar surface area (TPSA) is 62.5 Å². The summed E-state index contributed by atoms with van der Waals surface area (Å²) in [5, 5.41) is 3.42. The summed E-state index contributed by atoms with van der Waals surface area (Å²) >= 11 is 0. The molecular formula is C23H35IN4O3. The molecule has 1 aromatic carbocycles. The second-order valence-corrected chi connectivity index (χ2v) is 7.48. The largest absolute Gasteiger partial charge is 0.496 e. The van der Waals surface area contributed by atoms with E-state index in [4.69, 9.17) is 18.9 Å². The minimum absolute atomic E-state index is 0. The number of rotatable bonds is 8. The Labute approximate surface area is 202 Å². The quantitative estimate of drug-likeness (QED) is 0.312. The zero-order valence-corrected chi connectivity index (χ0v) is 21.3. The summed E-state index contributed by atoms with van der Waals surface area (Å²) in [7, 11) is 3.76. The summed E-state index contributed by atoms with van der Waals surface area (Å²) in [6.07, 6.45) is 0. The van der Waals surface area contributed by atoms with E-state index in [1.165, 1.54) is 0 Å². The molecule has 0 amide bonds. The number of hydrogen-bond acceptors (Lipinski definition) is 5. The number of guanidine groups is 1. The number of ether oxygens (including phenoxy) is 2. The number of aryl methyl sites for hydroxylation is 1. The molecule has 3 rings (SSSR count). The summed E-state index contributed by atoms with van der Waals surface area (Å²) in [6, 6.07) is 12.3. The molecule has 2 heterocycles. The van der Waals surface area contributed by atoms with Crippen molar-refractivity contribution >= 4 is 29.9 Å². The summed E-state index contributed by atoms with van der Waals surface area (Å²) < 4.78 is 17.0. The van der Waals surface area contributed by atoms with Gasteiger partial charge in [0.2, 0.25) is 0 Å². The van der Waals surface area contributed by atoms with Gasteiger partial charge in [-0.15, -0.1) is 24.0 Å². The van der Waals surface area contributed by atoms with Crippen LogP contribution in [0.2, 0.25) is 0 Å². The van der Waals surface area contributed by atoms with Crippen molar-refractivity contribution in [2.24, 2.45) is 4.99 Å². The van der Waals surface area contributed by atoms with Crippen LogP contribution in [0.25, 0.3) is 0 Å². The van der Waals surface area contributed by atoms with Gasteiger partial charge in [-0.25, -0.2) is 0 Å². The van der Waals surface area contributed by atoms with Crippen LogP contribution < -0.4 is 10.1 Å². The van der Waals surface area contributed by atoms with E-state index in [-0.39, 0.29) is 30.0 Å². The second-order valence-electron chi connectivity index (χ2n) is 7.48. The monoisotopic (exact) mass is 542 g/mol. The standard InChI is InChI=1S/C23H34N4O3.HI/c1-5-24-23(26(3)17-19-8-6-7-9-21(19)28-4)25-16-20(22-11-10-18(2)30-22)27-12-14-29-15-13-27;/h6-11,20H,5,12-17H2,1-4H3,(H,24,25);1H. The Kier molecular flexibility index (Phi) is 10.6. The van der Waals surface area contributed by atoms with E-state index in [1.807, 2.05) is 31.2 Å². The molecule has 1 N–H and O–H groups in total. The fraction of sp³-hybridized carbons (Fsp3) is 0.522. The molecule has 1 aromatic heterocycles. The molecular weight excluding hydrogens is 507 g/mol. The van der Waals surface area contributed by atoms with Gasteiger partial charge in [0.1, 0.15) is 17.3 Å². The number of methoxy groups -OCH3 is 1. The molecule has 1 unspecified atom stereocenters. The number of nitrogens with zero attached hydrogens (tertiary/aromatic N) is 3. The first-order valence-electron chi connectivity index (χ1n) is 10.6. The molecule has 7 nitrogen and oxygen atoms in total. The molecule has 0 saturated carbocycles. The van der Waals surface area contributed by atoms with Crippen LogP contribution in [0.4, 0.5) is 0 Å². The van der Waals surface area contributed by atoms with E-state index in [9.17, 15) is 0 Å². The first-order valence-corrected chi connectivity index (χ1v) is 10.6. The lowest BCUT2D eigenvalue weighted by Crippen LogP contribution is -2.42. The molecule has 0 aliphatic carbocycles. The number of morpholine rings is 1. The number of halogens is 1. The fourth-order valence-corrected chi connectivity index (χ4v) is 3.71. The van der Waals surface area contributed by atoms with E-state index in [0.29, 0.717) is 13.1 Å². The normalized spacial score (nSPS) is 15.8. The van der Waals surface area contributed by atoms with E-state index >= 15 is 0 Å². The van der Waals surface area contributed by atoms with Crippen molar-refractivity contribution in [3.05, 3.63) is 53.5 Å². The fourth-order valence-electron chi connectivity index (χ4n) is 3.71. The predicted octanol–water partition coefficient (Wildman–Crippen LogP) is 3.69. The second kappa shape index (κ2) is 12.9. The number of furan rings is 1. The summed E-state index contributed by atoms with van der Waals surface area (Å²) in [6.45, 7) is 9.44. The maximum Gasteiger partial charge on any atom is 0.194 e. The molecule has 1 atom stereocenters. The van der Waals surface area contributed by atoms with Gasteiger partial charge in [0.25, 0.3) is 0 Å². The smallest absolute Gasteiger partial charge is 0.194 e. The summed E-state index contributed by atoms with van der Waals surface area (Å²) in [5.74, 6) is 3.64. The van der Waals surface area contributed by atoms with Crippen LogP contribution in [0.15, 0.2) is 45.8 Å². The van der Waals surface area contributed by atoms with Crippen molar-refractivity contribution < 1.29 is 13.9 Å². The lowest BCUT2D eigenvalue weighted by atomic mass is 10.1. The van der Waals surface area contributed by atoms with Gasteiger partial charge >= 0.3 is 0 Å². The number of nitrogens with one attached hydrogen (secondary N) is 1. The first-order chi connectivity index (χ1) is 14.6. The molecule has 1 aliphatic heterocycles. The minimum atomic E-state index is 0. The first kappa shape index (κ1) is 25.5. The molecule has 172 valence electrons. The van der Waals surface area contributed by atoms with Crippen molar-refractivity contribution in [3.8, 4) is 5.75 Å². The van der Waals surface area contributed by atoms with Gasteiger partial charge in [-0.1, -0.05) is 18.2 Å². The van der Waals surface area contributed by atoms with Crippen LogP contribution in [-0.2, 0) is 11.3 Å². The average Bonchev–Trinajstić information content (AvgIpc) is 3.20. The van der Waals surface area contributed by atoms with Gasteiger partial charge in [0.15, 0.2) is 5.96 Å². The molecule has 0 radical (unpaired) electrons. The van der Waals surface area contributed by atoms with Crippen LogP contribution in [0.5, 0.6) is 5.75 Å². The van der Waals surface area contributed by atoms with Crippen molar-refractivity contribution in [3.63, 3.8) is 0 Å². The average molecular weight is 542 g/mol. The van der Waals surface area contributed by atoms with Crippen molar-refractivity contribution in [1.29, 1.82) is 0 Å². The third-order valence-corrected chi connectivity index (χ3v) is 5.29. The van der Waals surface area contributed by atoms with Crippen LogP contribution in [0.1, 0.15) is 30.0 Å². The van der Waals surface area contributed by atoms with Gasteiger partial charge in [0.05, 0.1) is 32.9 Å². The number of benzene rings is 1. The zero-order valence-electron chi connectivity index (χ0n) is 19.0. The van der Waals surface area contributed by atoms with Crippen LogP contribution in [0, 0.1) is 6.92 Å². The SMILES string of the molecule is CCNC(=NCC(c1ccc(C)o1)N1CCOCC1)N(C)Cc1ccccc1OC.I. The molecule has 8 heteroatoms. The van der Waals surface area contributed by atoms with Crippen molar-refractivity contribution in [1.82, 2.24) is 15.1 Å². The number of hydrogen-bond donors (Lipinski definition) is 1. The van der Waals surface area contributed by atoms with Crippen LogP contribution in [-0.4, -0.2) is 69.3 Å². The lowest BCUT2D eigenvalue weighted by molar-refractivity contribution is 0.0135. The molecule has 0 spiro atoms. The Morgan fingerprint density at radius 1 is 1.23 bits per heavy atom. The number of aliphatic imine (C=N–C) groups is 1. The molecule has 1 fully saturated rings. The van der Waals surface area contributed by atoms with E-state index in [2.05, 4.69) is 41.2 Å². The maximum absolute atomic E-state index is 5.98. The Hall–Kier alpha value is -1.78. The highest BCUT2D eigenvalue weighted by Crippen LogP contribution is 2.25. The maximum atomic E-state index is 5.98. The lowest BCUT2D eigenvalue weighted by Gasteiger charge is -2.33. The van der Waals surface area contributed by atoms with Gasteiger partial charge < -0.3 is 24.1 Å². The summed E-state index contributed by atoms with van der Waals surface area (Å²) in [5.41, 5.74) is 1.12. The van der Waals surface area contributed by atoms with E-state index < -0.39 is 0 Å². The van der Waals surface area contributed by atoms with Gasteiger partial charge in [-0.2, -0.15) is 0 Å². The van der Waals surface area contributed by atoms with Gasteiger partial charge in [-0.3, -0.25) is 9.89 Å². The van der Waals surface area contributed by atoms with Crippen LogP contribution in [0.3, 0.4) is 0 Å². The van der Waals surface area contributed by atoms with E-state index in [1.54, 1.807) is 7.11 Å². The highest BCUT2D eigenvalue weighted by Gasteiger charge is 2.25. The Morgan fingerprint density at radius 3 is 2.61 bits per heavy atom. The van der Waals surface area contributed by atoms with Gasteiger partial charge in [0, 0.05) is 38.8 Å². The highest BCUT2D eigenvalue weighted by molar-refractivity contribution is 14.0.